The van der Waals surface area contributed by atoms with Crippen LogP contribution in [0.1, 0.15) is 25.7 Å². The lowest BCUT2D eigenvalue weighted by molar-refractivity contribution is 0.188. The maximum atomic E-state index is 13.5. The van der Waals surface area contributed by atoms with Gasteiger partial charge in [0.15, 0.2) is 0 Å². The number of amides is 2. The molecule has 2 N–H and O–H groups in total. The summed E-state index contributed by atoms with van der Waals surface area (Å²) in [6, 6.07) is 3.28. The van der Waals surface area contributed by atoms with Gasteiger partial charge < -0.3 is 15.5 Å². The molecule has 2 fully saturated rings. The van der Waals surface area contributed by atoms with Crippen molar-refractivity contribution < 1.29 is 13.6 Å². The number of piperidine rings is 1. The third kappa shape index (κ3) is 3.94. The van der Waals surface area contributed by atoms with Crippen LogP contribution in [-0.4, -0.2) is 36.6 Å². The normalized spacial score (nSPS) is 19.3. The summed E-state index contributed by atoms with van der Waals surface area (Å²) in [6.45, 7) is 2.38. The van der Waals surface area contributed by atoms with Gasteiger partial charge in [-0.1, -0.05) is 0 Å². The molecular weight excluding hydrogens is 288 g/mol. The molecule has 0 bridgehead atoms. The zero-order valence-corrected chi connectivity index (χ0v) is 12.4. The van der Waals surface area contributed by atoms with Crippen molar-refractivity contribution >= 4 is 11.7 Å². The second kappa shape index (κ2) is 6.60. The number of rotatable bonds is 4. The van der Waals surface area contributed by atoms with E-state index in [9.17, 15) is 13.6 Å². The first-order valence-corrected chi connectivity index (χ1v) is 7.86. The summed E-state index contributed by atoms with van der Waals surface area (Å²) < 4.78 is 26.4. The van der Waals surface area contributed by atoms with Crippen LogP contribution in [0.2, 0.25) is 0 Å². The highest BCUT2D eigenvalue weighted by molar-refractivity contribution is 5.89. The Hall–Kier alpha value is -1.69. The molecule has 120 valence electrons. The summed E-state index contributed by atoms with van der Waals surface area (Å²) in [4.78, 5) is 13.8. The van der Waals surface area contributed by atoms with Crippen molar-refractivity contribution in [3.8, 4) is 0 Å². The van der Waals surface area contributed by atoms with Gasteiger partial charge in [-0.3, -0.25) is 0 Å². The minimum Gasteiger partial charge on any atom is -0.324 e. The number of anilines is 1. The maximum absolute atomic E-state index is 13.5. The smallest absolute Gasteiger partial charge is 0.321 e. The maximum Gasteiger partial charge on any atom is 0.321 e. The van der Waals surface area contributed by atoms with E-state index in [1.807, 2.05) is 0 Å². The first-order valence-electron chi connectivity index (χ1n) is 7.86. The minimum absolute atomic E-state index is 0.0142. The van der Waals surface area contributed by atoms with Gasteiger partial charge in [0.2, 0.25) is 0 Å². The molecule has 22 heavy (non-hydrogen) atoms. The number of carbonyl (C=O) groups is 1. The van der Waals surface area contributed by atoms with Crippen LogP contribution < -0.4 is 10.6 Å². The predicted molar refractivity (Wildman–Crippen MR) is 80.7 cm³/mol. The molecule has 0 radical (unpaired) electrons. The summed E-state index contributed by atoms with van der Waals surface area (Å²) >= 11 is 0. The number of nitrogens with one attached hydrogen (secondary N) is 2. The van der Waals surface area contributed by atoms with Crippen molar-refractivity contribution in [1.29, 1.82) is 0 Å². The van der Waals surface area contributed by atoms with E-state index in [1.54, 1.807) is 4.90 Å². The number of hydrogen-bond acceptors (Lipinski definition) is 2. The topological polar surface area (TPSA) is 44.4 Å². The molecule has 1 saturated heterocycles. The molecule has 0 atom stereocenters. The van der Waals surface area contributed by atoms with Crippen LogP contribution in [0.5, 0.6) is 0 Å². The second-order valence-corrected chi connectivity index (χ2v) is 6.17. The van der Waals surface area contributed by atoms with Crippen LogP contribution >= 0.6 is 0 Å². The fourth-order valence-electron chi connectivity index (χ4n) is 2.73. The molecule has 0 spiro atoms. The van der Waals surface area contributed by atoms with Gasteiger partial charge >= 0.3 is 6.03 Å². The van der Waals surface area contributed by atoms with E-state index in [2.05, 4.69) is 10.6 Å². The largest absolute Gasteiger partial charge is 0.324 e. The number of carbonyl (C=O) groups excluding carboxylic acids is 1. The molecule has 0 unspecified atom stereocenters. The standard InChI is InChI=1S/C16H21F2N3O/c17-12-3-4-15(14(18)9-12)20-16(22)21-7-5-13(6-8-21)19-10-11-1-2-11/h3-4,9,11,13,19H,1-2,5-8,10H2,(H,20,22). The van der Waals surface area contributed by atoms with Gasteiger partial charge in [-0.05, 0) is 50.3 Å². The van der Waals surface area contributed by atoms with E-state index >= 15 is 0 Å². The molecule has 2 amide bonds. The van der Waals surface area contributed by atoms with Crippen LogP contribution in [0.25, 0.3) is 0 Å². The number of halogens is 2. The van der Waals surface area contributed by atoms with Gasteiger partial charge in [-0.15, -0.1) is 0 Å². The van der Waals surface area contributed by atoms with E-state index < -0.39 is 11.6 Å². The van der Waals surface area contributed by atoms with Crippen molar-refractivity contribution in [2.45, 2.75) is 31.7 Å². The van der Waals surface area contributed by atoms with Gasteiger partial charge in [-0.25, -0.2) is 13.6 Å². The Morgan fingerprint density at radius 2 is 1.91 bits per heavy atom. The first kappa shape index (κ1) is 15.2. The van der Waals surface area contributed by atoms with Crippen LogP contribution in [0.15, 0.2) is 18.2 Å². The van der Waals surface area contributed by atoms with Crippen molar-refractivity contribution in [2.75, 3.05) is 25.0 Å². The Morgan fingerprint density at radius 1 is 1.18 bits per heavy atom. The molecule has 1 saturated carbocycles. The van der Waals surface area contributed by atoms with Gasteiger partial charge in [-0.2, -0.15) is 0 Å². The summed E-state index contributed by atoms with van der Waals surface area (Å²) in [5.74, 6) is -0.560. The van der Waals surface area contributed by atoms with E-state index in [-0.39, 0.29) is 11.7 Å². The highest BCUT2D eigenvalue weighted by atomic mass is 19.1. The van der Waals surface area contributed by atoms with E-state index in [4.69, 9.17) is 0 Å². The molecule has 1 heterocycles. The molecule has 1 aromatic rings. The van der Waals surface area contributed by atoms with Crippen LogP contribution in [-0.2, 0) is 0 Å². The van der Waals surface area contributed by atoms with Crippen LogP contribution in [0.4, 0.5) is 19.3 Å². The zero-order valence-electron chi connectivity index (χ0n) is 12.4. The first-order chi connectivity index (χ1) is 10.6. The van der Waals surface area contributed by atoms with E-state index in [1.165, 1.54) is 18.9 Å². The molecule has 1 aliphatic carbocycles. The predicted octanol–water partition coefficient (Wildman–Crippen LogP) is 2.96. The molecule has 1 aliphatic heterocycles. The number of benzene rings is 1. The van der Waals surface area contributed by atoms with Crippen molar-refractivity contribution in [3.05, 3.63) is 29.8 Å². The van der Waals surface area contributed by atoms with Gasteiger partial charge in [0.05, 0.1) is 5.69 Å². The Labute approximate surface area is 128 Å². The second-order valence-electron chi connectivity index (χ2n) is 6.17. The Kier molecular flexibility index (Phi) is 4.57. The van der Waals surface area contributed by atoms with Crippen LogP contribution in [0, 0.1) is 17.6 Å². The molecule has 3 rings (SSSR count). The van der Waals surface area contributed by atoms with E-state index in [0.717, 1.165) is 37.4 Å². The summed E-state index contributed by atoms with van der Waals surface area (Å²) in [7, 11) is 0. The summed E-state index contributed by atoms with van der Waals surface area (Å²) in [5, 5.41) is 6.06. The molecule has 0 aromatic heterocycles. The molecule has 4 nitrogen and oxygen atoms in total. The quantitative estimate of drug-likeness (QED) is 0.898. The number of nitrogens with zero attached hydrogens (tertiary/aromatic N) is 1. The summed E-state index contributed by atoms with van der Waals surface area (Å²) in [6.07, 6.45) is 4.48. The third-order valence-corrected chi connectivity index (χ3v) is 4.35. The average Bonchev–Trinajstić information content (AvgIpc) is 3.33. The number of urea groups is 1. The Balaban J connectivity index is 1.46. The van der Waals surface area contributed by atoms with Crippen molar-refractivity contribution in [3.63, 3.8) is 0 Å². The summed E-state index contributed by atoms with van der Waals surface area (Å²) in [5.41, 5.74) is 0.0142. The fourth-order valence-corrected chi connectivity index (χ4v) is 2.73. The van der Waals surface area contributed by atoms with Gasteiger partial charge in [0, 0.05) is 25.2 Å². The molecule has 1 aromatic carbocycles. The zero-order chi connectivity index (χ0) is 15.5. The lowest BCUT2D eigenvalue weighted by Gasteiger charge is -2.32. The number of likely N-dealkylation sites (tertiary alicyclic amines) is 1. The SMILES string of the molecule is O=C(Nc1ccc(F)cc1F)N1CCC(NCC2CC2)CC1. The van der Waals surface area contributed by atoms with E-state index in [0.29, 0.717) is 19.1 Å². The average molecular weight is 309 g/mol. The lowest BCUT2D eigenvalue weighted by Crippen LogP contribution is -2.46. The fraction of sp³-hybridized carbons (Fsp3) is 0.562. The highest BCUT2D eigenvalue weighted by Crippen LogP contribution is 2.28. The van der Waals surface area contributed by atoms with Gasteiger partial charge in [0.1, 0.15) is 11.6 Å². The third-order valence-electron chi connectivity index (χ3n) is 4.35. The Morgan fingerprint density at radius 3 is 2.55 bits per heavy atom. The van der Waals surface area contributed by atoms with Crippen molar-refractivity contribution in [2.24, 2.45) is 5.92 Å². The monoisotopic (exact) mass is 309 g/mol. The number of hydrogen-bond donors (Lipinski definition) is 2. The molecule has 6 heteroatoms. The Bertz CT molecular complexity index is 540. The molecule has 2 aliphatic rings. The molecular formula is C16H21F2N3O. The van der Waals surface area contributed by atoms with Gasteiger partial charge in [0.25, 0.3) is 0 Å². The van der Waals surface area contributed by atoms with Crippen LogP contribution in [0.3, 0.4) is 0 Å². The van der Waals surface area contributed by atoms with Crippen molar-refractivity contribution in [1.82, 2.24) is 10.2 Å². The lowest BCUT2D eigenvalue weighted by atomic mass is 10.1. The highest BCUT2D eigenvalue weighted by Gasteiger charge is 2.26. The minimum atomic E-state index is -0.755.